The van der Waals surface area contributed by atoms with E-state index in [0.29, 0.717) is 17.4 Å². The average Bonchev–Trinajstić information content (AvgIpc) is 2.93. The maximum Gasteiger partial charge on any atom is 0.138 e. The van der Waals surface area contributed by atoms with Crippen LogP contribution < -0.4 is 4.74 Å². The van der Waals surface area contributed by atoms with Gasteiger partial charge in [0, 0.05) is 15.3 Å². The van der Waals surface area contributed by atoms with Crippen molar-refractivity contribution < 1.29 is 4.74 Å². The summed E-state index contributed by atoms with van der Waals surface area (Å²) in [7, 11) is 0. The van der Waals surface area contributed by atoms with Crippen molar-refractivity contribution in [3.8, 4) is 17.9 Å². The number of thiophene rings is 1. The minimum absolute atomic E-state index is 0.0995. The van der Waals surface area contributed by atoms with Crippen molar-refractivity contribution in [2.75, 3.05) is 0 Å². The number of benzene rings is 1. The molecule has 5 heteroatoms. The highest BCUT2D eigenvalue weighted by Gasteiger charge is 2.09. The largest absolute Gasteiger partial charge is 0.487 e. The molecule has 0 aliphatic heterocycles. The van der Waals surface area contributed by atoms with Crippen LogP contribution in [0.3, 0.4) is 0 Å². The summed E-state index contributed by atoms with van der Waals surface area (Å²) < 4.78 is 5.76. The summed E-state index contributed by atoms with van der Waals surface area (Å²) in [6.07, 6.45) is 2.47. The Bertz CT molecular complexity index is 765. The second-order valence-electron chi connectivity index (χ2n) is 4.45. The molecule has 0 spiro atoms. The van der Waals surface area contributed by atoms with Gasteiger partial charge in [-0.25, -0.2) is 0 Å². The van der Waals surface area contributed by atoms with Crippen molar-refractivity contribution in [3.05, 3.63) is 56.2 Å². The van der Waals surface area contributed by atoms with E-state index in [9.17, 15) is 0 Å². The number of aryl methyl sites for hydroxylation is 1. The van der Waals surface area contributed by atoms with Crippen molar-refractivity contribution in [2.45, 2.75) is 20.0 Å². The Morgan fingerprint density at radius 2 is 2.05 bits per heavy atom. The number of hydrogen-bond donors (Lipinski definition) is 0. The molecule has 0 amide bonds. The van der Waals surface area contributed by atoms with Crippen LogP contribution in [-0.2, 0) is 13.0 Å². The second-order valence-corrected chi connectivity index (χ2v) is 6.03. The second kappa shape index (κ2) is 7.66. The lowest BCUT2D eigenvalue weighted by Gasteiger charge is -2.07. The molecule has 1 heterocycles. The first kappa shape index (κ1) is 16.1. The summed E-state index contributed by atoms with van der Waals surface area (Å²) in [6.45, 7) is 2.47. The van der Waals surface area contributed by atoms with Gasteiger partial charge in [-0.1, -0.05) is 30.7 Å². The fourth-order valence-corrected chi connectivity index (χ4v) is 3.18. The minimum Gasteiger partial charge on any atom is -0.487 e. The molecular formula is C17H13ClN2OS. The van der Waals surface area contributed by atoms with E-state index in [1.807, 2.05) is 36.4 Å². The minimum atomic E-state index is 0.0995. The Balaban J connectivity index is 2.20. The summed E-state index contributed by atoms with van der Waals surface area (Å²) in [5, 5.41) is 18.2. The molecule has 2 rings (SSSR count). The van der Waals surface area contributed by atoms with E-state index in [1.165, 1.54) is 4.88 Å². The lowest BCUT2D eigenvalue weighted by Crippen LogP contribution is -1.96. The first-order chi connectivity index (χ1) is 10.7. The number of allylic oxidation sites excluding steroid dienone is 1. The van der Waals surface area contributed by atoms with Crippen LogP contribution >= 0.6 is 22.9 Å². The van der Waals surface area contributed by atoms with Crippen LogP contribution in [0.5, 0.6) is 5.75 Å². The summed E-state index contributed by atoms with van der Waals surface area (Å²) in [6, 6.07) is 13.0. The number of nitrogens with zero attached hydrogens (tertiary/aromatic N) is 2. The van der Waals surface area contributed by atoms with Gasteiger partial charge < -0.3 is 4.74 Å². The molecular weight excluding hydrogens is 316 g/mol. The van der Waals surface area contributed by atoms with Crippen LogP contribution in [0.1, 0.15) is 22.2 Å². The van der Waals surface area contributed by atoms with E-state index in [2.05, 4.69) is 6.92 Å². The van der Waals surface area contributed by atoms with Crippen LogP contribution in [0.25, 0.3) is 6.08 Å². The van der Waals surface area contributed by atoms with E-state index in [1.54, 1.807) is 23.5 Å². The predicted octanol–water partition coefficient (Wildman–Crippen LogP) is 4.97. The monoisotopic (exact) mass is 328 g/mol. The van der Waals surface area contributed by atoms with E-state index < -0.39 is 0 Å². The van der Waals surface area contributed by atoms with Gasteiger partial charge in [0.1, 0.15) is 30.1 Å². The first-order valence-electron chi connectivity index (χ1n) is 6.68. The standard InChI is InChI=1S/C17H13ClN2OS/c1-2-17-13(8-14(22-17)7-12(9-19)10-20)11-21-16-6-4-3-5-15(16)18/h3-8H,2,11H2,1H3. The topological polar surface area (TPSA) is 56.8 Å². The molecule has 0 unspecified atom stereocenters. The molecule has 0 bridgehead atoms. The van der Waals surface area contributed by atoms with Crippen molar-refractivity contribution >= 4 is 29.0 Å². The van der Waals surface area contributed by atoms with Crippen LogP contribution in [0, 0.1) is 22.7 Å². The molecule has 0 fully saturated rings. The van der Waals surface area contributed by atoms with Gasteiger partial charge in [0.2, 0.25) is 0 Å². The number of halogens is 1. The quantitative estimate of drug-likeness (QED) is 0.728. The third-order valence-electron chi connectivity index (χ3n) is 2.98. The molecule has 3 nitrogen and oxygen atoms in total. The molecule has 0 saturated heterocycles. The zero-order valence-corrected chi connectivity index (χ0v) is 13.5. The predicted molar refractivity (Wildman–Crippen MR) is 88.7 cm³/mol. The lowest BCUT2D eigenvalue weighted by molar-refractivity contribution is 0.306. The lowest BCUT2D eigenvalue weighted by atomic mass is 10.2. The van der Waals surface area contributed by atoms with Gasteiger partial charge >= 0.3 is 0 Å². The van der Waals surface area contributed by atoms with Crippen LogP contribution in [0.15, 0.2) is 35.9 Å². The smallest absolute Gasteiger partial charge is 0.138 e. The highest BCUT2D eigenvalue weighted by molar-refractivity contribution is 7.13. The molecule has 22 heavy (non-hydrogen) atoms. The van der Waals surface area contributed by atoms with Gasteiger partial charge in [-0.2, -0.15) is 10.5 Å². The first-order valence-corrected chi connectivity index (χ1v) is 7.88. The summed E-state index contributed by atoms with van der Waals surface area (Å²) in [5.41, 5.74) is 1.15. The normalized spacial score (nSPS) is 9.64. The van der Waals surface area contributed by atoms with Gasteiger partial charge in [-0.3, -0.25) is 0 Å². The summed E-state index contributed by atoms with van der Waals surface area (Å²) in [5.74, 6) is 0.643. The maximum absolute atomic E-state index is 8.83. The Labute approximate surface area is 138 Å². The number of rotatable bonds is 5. The fourth-order valence-electron chi connectivity index (χ4n) is 1.93. The highest BCUT2D eigenvalue weighted by Crippen LogP contribution is 2.28. The van der Waals surface area contributed by atoms with E-state index in [4.69, 9.17) is 26.9 Å². The van der Waals surface area contributed by atoms with Gasteiger partial charge in [-0.05, 0) is 30.7 Å². The molecule has 1 aromatic carbocycles. The summed E-state index contributed by atoms with van der Waals surface area (Å²) in [4.78, 5) is 2.06. The zero-order chi connectivity index (χ0) is 15.9. The molecule has 0 N–H and O–H groups in total. The maximum atomic E-state index is 8.83. The van der Waals surface area contributed by atoms with Crippen molar-refractivity contribution in [2.24, 2.45) is 0 Å². The molecule has 0 saturated carbocycles. The fraction of sp³-hybridized carbons (Fsp3) is 0.176. The Morgan fingerprint density at radius 1 is 1.32 bits per heavy atom. The Morgan fingerprint density at radius 3 is 2.68 bits per heavy atom. The average molecular weight is 329 g/mol. The van der Waals surface area contributed by atoms with Crippen LogP contribution in [0.4, 0.5) is 0 Å². The van der Waals surface area contributed by atoms with Crippen molar-refractivity contribution in [1.82, 2.24) is 0 Å². The van der Waals surface area contributed by atoms with Crippen molar-refractivity contribution in [3.63, 3.8) is 0 Å². The molecule has 1 aromatic heterocycles. The molecule has 0 radical (unpaired) electrons. The van der Waals surface area contributed by atoms with Gasteiger partial charge in [0.05, 0.1) is 5.02 Å². The van der Waals surface area contributed by atoms with Gasteiger partial charge in [-0.15, -0.1) is 11.3 Å². The molecule has 0 atom stereocenters. The SMILES string of the molecule is CCc1sc(C=C(C#N)C#N)cc1COc1ccccc1Cl. The Hall–Kier alpha value is -2.27. The van der Waals surface area contributed by atoms with Crippen LogP contribution in [0.2, 0.25) is 5.02 Å². The zero-order valence-electron chi connectivity index (χ0n) is 12.0. The van der Waals surface area contributed by atoms with E-state index >= 15 is 0 Å². The number of ether oxygens (including phenoxy) is 1. The van der Waals surface area contributed by atoms with Crippen LogP contribution in [-0.4, -0.2) is 0 Å². The molecule has 2 aromatic rings. The number of para-hydroxylation sites is 1. The molecule has 0 aliphatic rings. The highest BCUT2D eigenvalue weighted by atomic mass is 35.5. The third kappa shape index (κ3) is 3.89. The Kier molecular flexibility index (Phi) is 5.61. The van der Waals surface area contributed by atoms with Gasteiger partial charge in [0.15, 0.2) is 0 Å². The van der Waals surface area contributed by atoms with E-state index in [0.717, 1.165) is 16.9 Å². The van der Waals surface area contributed by atoms with Crippen molar-refractivity contribution in [1.29, 1.82) is 10.5 Å². The van der Waals surface area contributed by atoms with E-state index in [-0.39, 0.29) is 5.57 Å². The number of nitriles is 2. The summed E-state index contributed by atoms with van der Waals surface area (Å²) >= 11 is 7.64. The number of hydrogen-bond acceptors (Lipinski definition) is 4. The third-order valence-corrected chi connectivity index (χ3v) is 4.57. The molecule has 0 aliphatic carbocycles. The van der Waals surface area contributed by atoms with Gasteiger partial charge in [0.25, 0.3) is 0 Å². The molecule has 110 valence electrons.